The van der Waals surface area contributed by atoms with Crippen LogP contribution in [0.2, 0.25) is 0 Å². The summed E-state index contributed by atoms with van der Waals surface area (Å²) < 4.78 is 9.55. The maximum atomic E-state index is 11.1. The molecule has 24 heavy (non-hydrogen) atoms. The van der Waals surface area contributed by atoms with E-state index < -0.39 is 0 Å². The number of ether oxygens (including phenoxy) is 2. The van der Waals surface area contributed by atoms with Crippen molar-refractivity contribution in [1.29, 1.82) is 0 Å². The number of esters is 2. The Morgan fingerprint density at radius 3 is 2.00 bits per heavy atom. The van der Waals surface area contributed by atoms with E-state index in [1.54, 1.807) is 38.4 Å². The number of pyridine rings is 2. The van der Waals surface area contributed by atoms with Crippen molar-refractivity contribution in [2.45, 2.75) is 27.7 Å². The van der Waals surface area contributed by atoms with Crippen LogP contribution in [0.4, 0.5) is 0 Å². The molecule has 6 heteroatoms. The number of nitrogens with zero attached hydrogens (tertiary/aromatic N) is 2. The molecule has 0 bridgehead atoms. The highest BCUT2D eigenvalue weighted by Crippen LogP contribution is 2.01. The summed E-state index contributed by atoms with van der Waals surface area (Å²) >= 11 is 0. The lowest BCUT2D eigenvalue weighted by atomic mass is 10.2. The van der Waals surface area contributed by atoms with Crippen molar-refractivity contribution < 1.29 is 19.1 Å². The zero-order valence-corrected chi connectivity index (χ0v) is 14.4. The summed E-state index contributed by atoms with van der Waals surface area (Å²) in [7, 11) is 0. The van der Waals surface area contributed by atoms with Gasteiger partial charge in [-0.05, 0) is 57.0 Å². The van der Waals surface area contributed by atoms with Crippen LogP contribution in [0.5, 0.6) is 0 Å². The van der Waals surface area contributed by atoms with Crippen LogP contribution in [-0.4, -0.2) is 35.1 Å². The van der Waals surface area contributed by atoms with Gasteiger partial charge in [0.15, 0.2) is 0 Å². The van der Waals surface area contributed by atoms with Crippen molar-refractivity contribution in [3.8, 4) is 0 Å². The lowest BCUT2D eigenvalue weighted by Crippen LogP contribution is -2.06. The van der Waals surface area contributed by atoms with Crippen molar-refractivity contribution >= 4 is 11.9 Å². The summed E-state index contributed by atoms with van der Waals surface area (Å²) in [5.74, 6) is -0.723. The number of carbonyl (C=O) groups excluding carboxylic acids is 2. The molecule has 0 atom stereocenters. The maximum Gasteiger partial charge on any atom is 0.356 e. The van der Waals surface area contributed by atoms with E-state index in [2.05, 4.69) is 9.97 Å². The monoisotopic (exact) mass is 330 g/mol. The molecule has 2 rings (SSSR count). The topological polar surface area (TPSA) is 78.4 Å². The van der Waals surface area contributed by atoms with E-state index in [1.807, 2.05) is 26.0 Å². The summed E-state index contributed by atoms with van der Waals surface area (Å²) in [6, 6.07) is 7.04. The van der Waals surface area contributed by atoms with Crippen LogP contribution in [-0.2, 0) is 9.47 Å². The van der Waals surface area contributed by atoms with E-state index in [1.165, 1.54) is 0 Å². The number of hydrogen-bond acceptors (Lipinski definition) is 6. The smallest absolute Gasteiger partial charge is 0.356 e. The van der Waals surface area contributed by atoms with Gasteiger partial charge in [-0.2, -0.15) is 0 Å². The molecule has 0 saturated heterocycles. The average molecular weight is 330 g/mol. The lowest BCUT2D eigenvalue weighted by Gasteiger charge is -2.00. The molecule has 0 aromatic carbocycles. The Hall–Kier alpha value is -2.76. The van der Waals surface area contributed by atoms with Crippen LogP contribution in [0.25, 0.3) is 0 Å². The minimum atomic E-state index is -0.363. The van der Waals surface area contributed by atoms with E-state index in [-0.39, 0.29) is 11.9 Å². The summed E-state index contributed by atoms with van der Waals surface area (Å²) in [6.45, 7) is 8.13. The molecule has 0 unspecified atom stereocenters. The van der Waals surface area contributed by atoms with Crippen molar-refractivity contribution in [3.63, 3.8) is 0 Å². The Bertz CT molecular complexity index is 669. The molecular weight excluding hydrogens is 308 g/mol. The van der Waals surface area contributed by atoms with E-state index >= 15 is 0 Å². The van der Waals surface area contributed by atoms with Gasteiger partial charge in [0.25, 0.3) is 0 Å². The summed E-state index contributed by atoms with van der Waals surface area (Å²) in [5.41, 5.74) is 2.77. The Morgan fingerprint density at radius 1 is 0.875 bits per heavy atom. The second kappa shape index (κ2) is 10.1. The fourth-order valence-corrected chi connectivity index (χ4v) is 1.65. The van der Waals surface area contributed by atoms with Crippen LogP contribution < -0.4 is 0 Å². The molecule has 0 spiro atoms. The van der Waals surface area contributed by atoms with E-state index in [0.717, 1.165) is 11.1 Å². The van der Waals surface area contributed by atoms with Crippen molar-refractivity contribution in [3.05, 3.63) is 59.2 Å². The SMILES string of the molecule is CCOC(=O)c1cc(C)ccn1.CCOC(=O)c1ccc(C)cn1. The van der Waals surface area contributed by atoms with Crippen LogP contribution in [0.1, 0.15) is 46.0 Å². The van der Waals surface area contributed by atoms with Gasteiger partial charge in [-0.1, -0.05) is 6.07 Å². The maximum absolute atomic E-state index is 11.1. The van der Waals surface area contributed by atoms with Crippen LogP contribution in [0, 0.1) is 13.8 Å². The molecule has 2 aromatic rings. The highest BCUT2D eigenvalue weighted by molar-refractivity contribution is 5.87. The molecule has 0 aliphatic rings. The van der Waals surface area contributed by atoms with Gasteiger partial charge in [0.05, 0.1) is 13.2 Å². The summed E-state index contributed by atoms with van der Waals surface area (Å²) in [4.78, 5) is 30.0. The molecule has 0 saturated carbocycles. The molecule has 6 nitrogen and oxygen atoms in total. The van der Waals surface area contributed by atoms with Crippen molar-refractivity contribution in [1.82, 2.24) is 9.97 Å². The second-order valence-corrected chi connectivity index (χ2v) is 4.88. The van der Waals surface area contributed by atoms with Gasteiger partial charge < -0.3 is 9.47 Å². The Balaban J connectivity index is 0.000000240. The fourth-order valence-electron chi connectivity index (χ4n) is 1.65. The predicted molar refractivity (Wildman–Crippen MR) is 89.9 cm³/mol. The average Bonchev–Trinajstić information content (AvgIpc) is 2.56. The molecule has 128 valence electrons. The number of hydrogen-bond donors (Lipinski definition) is 0. The molecule has 0 radical (unpaired) electrons. The first-order chi connectivity index (χ1) is 11.5. The quantitative estimate of drug-likeness (QED) is 0.801. The Morgan fingerprint density at radius 2 is 1.50 bits per heavy atom. The Labute approximate surface area is 141 Å². The first-order valence-electron chi connectivity index (χ1n) is 7.67. The molecular formula is C18H22N2O4. The number of carbonyl (C=O) groups is 2. The zero-order chi connectivity index (χ0) is 17.9. The highest BCUT2D eigenvalue weighted by atomic mass is 16.5. The van der Waals surface area contributed by atoms with Crippen LogP contribution in [0.3, 0.4) is 0 Å². The molecule has 0 fully saturated rings. The zero-order valence-electron chi connectivity index (χ0n) is 14.4. The summed E-state index contributed by atoms with van der Waals surface area (Å²) in [6.07, 6.45) is 3.24. The normalized spacial score (nSPS) is 9.50. The van der Waals surface area contributed by atoms with Crippen LogP contribution >= 0.6 is 0 Å². The van der Waals surface area contributed by atoms with Gasteiger partial charge in [0.2, 0.25) is 0 Å². The van der Waals surface area contributed by atoms with Gasteiger partial charge in [-0.15, -0.1) is 0 Å². The van der Waals surface area contributed by atoms with E-state index in [0.29, 0.717) is 24.6 Å². The van der Waals surface area contributed by atoms with Crippen molar-refractivity contribution in [2.75, 3.05) is 13.2 Å². The van der Waals surface area contributed by atoms with E-state index in [4.69, 9.17) is 9.47 Å². The van der Waals surface area contributed by atoms with Gasteiger partial charge in [0.1, 0.15) is 11.4 Å². The molecule has 0 amide bonds. The molecule has 2 aromatic heterocycles. The third-order valence-electron chi connectivity index (χ3n) is 2.80. The third-order valence-corrected chi connectivity index (χ3v) is 2.80. The lowest BCUT2D eigenvalue weighted by molar-refractivity contribution is 0.0510. The largest absolute Gasteiger partial charge is 0.461 e. The second-order valence-electron chi connectivity index (χ2n) is 4.88. The molecule has 0 aliphatic heterocycles. The fraction of sp³-hybridized carbons (Fsp3) is 0.333. The highest BCUT2D eigenvalue weighted by Gasteiger charge is 2.06. The van der Waals surface area contributed by atoms with Gasteiger partial charge in [-0.3, -0.25) is 0 Å². The minimum absolute atomic E-state index is 0.360. The third kappa shape index (κ3) is 6.56. The first-order valence-corrected chi connectivity index (χ1v) is 7.67. The molecule has 0 N–H and O–H groups in total. The van der Waals surface area contributed by atoms with Crippen LogP contribution in [0.15, 0.2) is 36.7 Å². The Kier molecular flexibility index (Phi) is 8.11. The molecule has 2 heterocycles. The number of rotatable bonds is 4. The summed E-state index contributed by atoms with van der Waals surface area (Å²) in [5, 5.41) is 0. The van der Waals surface area contributed by atoms with Crippen molar-refractivity contribution in [2.24, 2.45) is 0 Å². The number of aromatic nitrogens is 2. The molecule has 0 aliphatic carbocycles. The van der Waals surface area contributed by atoms with Gasteiger partial charge in [0, 0.05) is 12.4 Å². The first kappa shape index (κ1) is 19.3. The number of aryl methyl sites for hydroxylation is 2. The van der Waals surface area contributed by atoms with E-state index in [9.17, 15) is 9.59 Å². The standard InChI is InChI=1S/2C9H11NO2/c1-3-12-9(11)8-6-7(2)4-5-10-8;1-3-12-9(11)8-5-4-7(2)6-10-8/h2*4-6H,3H2,1-2H3. The minimum Gasteiger partial charge on any atom is -0.461 e. The van der Waals surface area contributed by atoms with Gasteiger partial charge >= 0.3 is 11.9 Å². The van der Waals surface area contributed by atoms with Gasteiger partial charge in [-0.25, -0.2) is 19.6 Å². The predicted octanol–water partition coefficient (Wildman–Crippen LogP) is 3.13.